The topological polar surface area (TPSA) is 15.6 Å². The molecule has 0 aliphatic carbocycles. The average Bonchev–Trinajstić information content (AvgIpc) is 2.68. The van der Waals surface area contributed by atoms with Crippen molar-refractivity contribution in [2.45, 2.75) is 13.8 Å². The highest BCUT2D eigenvalue weighted by molar-refractivity contribution is 7.63. The second kappa shape index (κ2) is 4.51. The van der Waals surface area contributed by atoms with E-state index in [1.165, 1.54) is 22.4 Å². The fraction of sp³-hybridized carbons (Fsp3) is 0.400. The second-order valence-electron chi connectivity index (χ2n) is 5.30. The standard InChI is InChI=1S/C15H19N2P/c1-11-4-6-13(7-5-11)17-10-18(3)14-8-12(2)9-16-15(14)17/h4-8,12H,9-10H2,1-3H3. The van der Waals surface area contributed by atoms with Crippen LogP contribution in [-0.4, -0.2) is 25.3 Å². The number of fused-ring (bicyclic) bond motifs is 1. The van der Waals surface area contributed by atoms with Gasteiger partial charge in [-0.3, -0.25) is 4.99 Å². The van der Waals surface area contributed by atoms with Crippen LogP contribution < -0.4 is 4.90 Å². The highest BCUT2D eigenvalue weighted by Gasteiger charge is 2.32. The lowest BCUT2D eigenvalue weighted by Crippen LogP contribution is -2.27. The van der Waals surface area contributed by atoms with Gasteiger partial charge in [-0.25, -0.2) is 0 Å². The summed E-state index contributed by atoms with van der Waals surface area (Å²) < 4.78 is 0. The number of anilines is 1. The van der Waals surface area contributed by atoms with Crippen LogP contribution in [0.1, 0.15) is 12.5 Å². The number of nitrogens with zero attached hydrogens (tertiary/aromatic N) is 2. The molecule has 0 N–H and O–H groups in total. The number of aliphatic imine (C=N–C) groups is 1. The molecule has 18 heavy (non-hydrogen) atoms. The average molecular weight is 258 g/mol. The summed E-state index contributed by atoms with van der Waals surface area (Å²) in [4.78, 5) is 7.19. The molecule has 2 aliphatic heterocycles. The molecule has 94 valence electrons. The highest BCUT2D eigenvalue weighted by atomic mass is 31.1. The molecule has 2 atom stereocenters. The molecule has 0 spiro atoms. The van der Waals surface area contributed by atoms with Gasteiger partial charge in [0.2, 0.25) is 0 Å². The van der Waals surface area contributed by atoms with E-state index in [0.29, 0.717) is 5.92 Å². The van der Waals surface area contributed by atoms with Crippen LogP contribution in [-0.2, 0) is 0 Å². The minimum absolute atomic E-state index is 0.0634. The Balaban J connectivity index is 1.96. The summed E-state index contributed by atoms with van der Waals surface area (Å²) in [5.41, 5.74) is 2.60. The molecule has 2 unspecified atom stereocenters. The van der Waals surface area contributed by atoms with Crippen molar-refractivity contribution in [1.29, 1.82) is 0 Å². The smallest absolute Gasteiger partial charge is 0.135 e. The van der Waals surface area contributed by atoms with Gasteiger partial charge in [-0.05, 0) is 31.6 Å². The largest absolute Gasteiger partial charge is 0.322 e. The molecule has 1 saturated heterocycles. The first-order chi connectivity index (χ1) is 8.65. The first-order valence-electron chi connectivity index (χ1n) is 6.47. The lowest BCUT2D eigenvalue weighted by molar-refractivity contribution is 0.731. The van der Waals surface area contributed by atoms with Crippen molar-refractivity contribution in [2.75, 3.05) is 24.4 Å². The van der Waals surface area contributed by atoms with Crippen LogP contribution in [0.3, 0.4) is 0 Å². The van der Waals surface area contributed by atoms with Gasteiger partial charge in [0, 0.05) is 23.8 Å². The minimum Gasteiger partial charge on any atom is -0.322 e. The first kappa shape index (κ1) is 11.9. The van der Waals surface area contributed by atoms with Gasteiger partial charge in [-0.2, -0.15) is 0 Å². The van der Waals surface area contributed by atoms with Crippen molar-refractivity contribution in [3.05, 3.63) is 41.2 Å². The Morgan fingerprint density at radius 1 is 1.28 bits per heavy atom. The van der Waals surface area contributed by atoms with Crippen molar-refractivity contribution < 1.29 is 0 Å². The lowest BCUT2D eigenvalue weighted by Gasteiger charge is -2.21. The summed E-state index contributed by atoms with van der Waals surface area (Å²) in [6.45, 7) is 7.68. The Labute approximate surface area is 110 Å². The van der Waals surface area contributed by atoms with Crippen LogP contribution in [0.2, 0.25) is 0 Å². The molecule has 0 aromatic heterocycles. The van der Waals surface area contributed by atoms with Crippen LogP contribution in [0.4, 0.5) is 5.69 Å². The van der Waals surface area contributed by atoms with Crippen LogP contribution in [0.5, 0.6) is 0 Å². The Morgan fingerprint density at radius 3 is 2.72 bits per heavy atom. The molecule has 2 nitrogen and oxygen atoms in total. The van der Waals surface area contributed by atoms with E-state index in [9.17, 15) is 0 Å². The number of benzene rings is 1. The zero-order valence-electron chi connectivity index (χ0n) is 11.2. The fourth-order valence-corrected chi connectivity index (χ4v) is 4.43. The van der Waals surface area contributed by atoms with Gasteiger partial charge in [0.25, 0.3) is 0 Å². The van der Waals surface area contributed by atoms with E-state index in [1.807, 2.05) is 0 Å². The summed E-state index contributed by atoms with van der Waals surface area (Å²) in [5.74, 6) is 1.83. The van der Waals surface area contributed by atoms with Crippen LogP contribution in [0, 0.1) is 12.8 Å². The van der Waals surface area contributed by atoms with Crippen LogP contribution in [0.25, 0.3) is 0 Å². The molecule has 0 radical (unpaired) electrons. The number of dihydropyridines is 1. The first-order valence-corrected chi connectivity index (χ1v) is 8.44. The van der Waals surface area contributed by atoms with Gasteiger partial charge in [0.15, 0.2) is 0 Å². The van der Waals surface area contributed by atoms with Gasteiger partial charge in [-0.1, -0.05) is 38.6 Å². The van der Waals surface area contributed by atoms with Crippen molar-refractivity contribution >= 4 is 19.4 Å². The molecule has 0 amide bonds. The van der Waals surface area contributed by atoms with Crippen molar-refractivity contribution in [3.63, 3.8) is 0 Å². The van der Waals surface area contributed by atoms with Gasteiger partial charge < -0.3 is 4.90 Å². The fourth-order valence-electron chi connectivity index (χ4n) is 2.51. The highest BCUT2D eigenvalue weighted by Crippen LogP contribution is 2.51. The molecular formula is C15H19N2P. The summed E-state index contributed by atoms with van der Waals surface area (Å²) in [6, 6.07) is 8.78. The molecule has 3 heteroatoms. The number of hydrogen-bond acceptors (Lipinski definition) is 2. The molecule has 1 aromatic rings. The van der Waals surface area contributed by atoms with Gasteiger partial charge >= 0.3 is 0 Å². The molecule has 0 saturated carbocycles. The predicted molar refractivity (Wildman–Crippen MR) is 80.9 cm³/mol. The van der Waals surface area contributed by atoms with Crippen LogP contribution >= 0.6 is 7.92 Å². The SMILES string of the molecule is Cc1ccc(N2CP(C)C3=CC(C)CN=C32)cc1. The summed E-state index contributed by atoms with van der Waals surface area (Å²) >= 11 is 0. The Hall–Kier alpha value is -1.14. The molecule has 2 heterocycles. The lowest BCUT2D eigenvalue weighted by atomic mass is 10.1. The van der Waals surface area contributed by atoms with Gasteiger partial charge in [0.1, 0.15) is 5.84 Å². The maximum absolute atomic E-state index is 4.79. The molecule has 0 bridgehead atoms. The summed E-state index contributed by atoms with van der Waals surface area (Å²) in [6.07, 6.45) is 3.55. The minimum atomic E-state index is -0.0634. The van der Waals surface area contributed by atoms with Gasteiger partial charge in [0.05, 0.1) is 0 Å². The molecular weight excluding hydrogens is 239 g/mol. The van der Waals surface area contributed by atoms with Crippen LogP contribution in [0.15, 0.2) is 40.6 Å². The maximum atomic E-state index is 4.79. The van der Waals surface area contributed by atoms with E-state index in [0.717, 1.165) is 12.8 Å². The zero-order chi connectivity index (χ0) is 12.7. The maximum Gasteiger partial charge on any atom is 0.135 e. The van der Waals surface area contributed by atoms with E-state index in [1.54, 1.807) is 0 Å². The molecule has 1 fully saturated rings. The number of amidine groups is 1. The van der Waals surface area contributed by atoms with E-state index in [2.05, 4.69) is 55.8 Å². The Kier molecular flexibility index (Phi) is 2.99. The van der Waals surface area contributed by atoms with E-state index in [4.69, 9.17) is 4.99 Å². The van der Waals surface area contributed by atoms with E-state index >= 15 is 0 Å². The monoisotopic (exact) mass is 258 g/mol. The number of hydrogen-bond donors (Lipinski definition) is 0. The second-order valence-corrected chi connectivity index (χ2v) is 7.46. The Morgan fingerprint density at radius 2 is 2.00 bits per heavy atom. The molecule has 2 aliphatic rings. The normalized spacial score (nSPS) is 26.7. The van der Waals surface area contributed by atoms with Crippen molar-refractivity contribution in [2.24, 2.45) is 10.9 Å². The van der Waals surface area contributed by atoms with E-state index in [-0.39, 0.29) is 7.92 Å². The number of aryl methyl sites for hydroxylation is 1. The zero-order valence-corrected chi connectivity index (χ0v) is 12.1. The quantitative estimate of drug-likeness (QED) is 0.699. The third-order valence-electron chi connectivity index (χ3n) is 3.57. The summed E-state index contributed by atoms with van der Waals surface area (Å²) in [5, 5.41) is 1.50. The Bertz CT molecular complexity index is 516. The van der Waals surface area contributed by atoms with E-state index < -0.39 is 0 Å². The third-order valence-corrected chi connectivity index (χ3v) is 5.45. The number of rotatable bonds is 1. The predicted octanol–water partition coefficient (Wildman–Crippen LogP) is 3.82. The van der Waals surface area contributed by atoms with Gasteiger partial charge in [-0.15, -0.1) is 0 Å². The third kappa shape index (κ3) is 1.99. The van der Waals surface area contributed by atoms with Crippen molar-refractivity contribution in [1.82, 2.24) is 0 Å². The molecule has 1 aromatic carbocycles. The van der Waals surface area contributed by atoms with Crippen molar-refractivity contribution in [3.8, 4) is 0 Å². The molecule has 3 rings (SSSR count). The summed E-state index contributed by atoms with van der Waals surface area (Å²) in [7, 11) is -0.0634.